The van der Waals surface area contributed by atoms with Gasteiger partial charge in [-0.25, -0.2) is 0 Å². The number of unbranched alkanes of at least 4 members (excludes halogenated alkanes) is 18. The zero-order valence-electron chi connectivity index (χ0n) is 32.3. The van der Waals surface area contributed by atoms with E-state index in [1.807, 2.05) is 0 Å². The van der Waals surface area contributed by atoms with Crippen LogP contribution < -0.4 is 0 Å². The van der Waals surface area contributed by atoms with Crippen molar-refractivity contribution < 1.29 is 14.2 Å². The molecule has 0 amide bonds. The number of allylic oxidation sites excluding steroid dienone is 6. The monoisotopic (exact) mass is 695 g/mol. The Morgan fingerprint density at radius 1 is 0.471 bits per heavy atom. The minimum Gasteiger partial charge on any atom is -0.376 e. The molecular formula is C48H70O3. The quantitative estimate of drug-likeness (QED) is 0.0464. The average Bonchev–Trinajstić information content (AvgIpc) is 4.09. The summed E-state index contributed by atoms with van der Waals surface area (Å²) in [5.41, 5.74) is 4.95. The maximum absolute atomic E-state index is 6.12. The van der Waals surface area contributed by atoms with Crippen molar-refractivity contribution in [2.45, 2.75) is 167 Å². The number of epoxide rings is 2. The molecule has 0 N–H and O–H groups in total. The van der Waals surface area contributed by atoms with Gasteiger partial charge in [-0.05, 0) is 47.9 Å². The number of benzene rings is 2. The van der Waals surface area contributed by atoms with Gasteiger partial charge in [-0.1, -0.05) is 214 Å². The molecule has 0 radical (unpaired) electrons. The van der Waals surface area contributed by atoms with Crippen LogP contribution in [0.15, 0.2) is 85.0 Å². The summed E-state index contributed by atoms with van der Waals surface area (Å²) in [4.78, 5) is 0. The lowest BCUT2D eigenvalue weighted by Crippen LogP contribution is -2.08. The van der Waals surface area contributed by atoms with Gasteiger partial charge in [-0.2, -0.15) is 0 Å². The summed E-state index contributed by atoms with van der Waals surface area (Å²) >= 11 is 0. The van der Waals surface area contributed by atoms with Gasteiger partial charge in [-0.15, -0.1) is 0 Å². The first kappa shape index (κ1) is 41.0. The maximum atomic E-state index is 6.12. The van der Waals surface area contributed by atoms with Crippen molar-refractivity contribution in [1.29, 1.82) is 0 Å². The zero-order chi connectivity index (χ0) is 35.6. The third-order valence-corrected chi connectivity index (χ3v) is 10.3. The first-order valence-electron chi connectivity index (χ1n) is 21.0. The predicted molar refractivity (Wildman–Crippen MR) is 219 cm³/mol. The molecule has 2 aliphatic rings. The Hall–Kier alpha value is -2.72. The predicted octanol–water partition coefficient (Wildman–Crippen LogP) is 14.3. The Labute approximate surface area is 312 Å². The van der Waals surface area contributed by atoms with E-state index >= 15 is 0 Å². The lowest BCUT2D eigenvalue weighted by Gasteiger charge is -2.04. The maximum Gasteiger partial charge on any atom is 0.112 e. The fourth-order valence-electron chi connectivity index (χ4n) is 7.04. The SMILES string of the molecule is CCCCCCCCCCC/C=C/C=C/c1ccccc1C1OC1COCC1OC1c1ccccc1/C=C/C=C/CCCCCCCCCCC. The Bertz CT molecular complexity index is 1210. The van der Waals surface area contributed by atoms with Gasteiger partial charge in [0.2, 0.25) is 0 Å². The highest BCUT2D eigenvalue weighted by molar-refractivity contribution is 5.57. The molecule has 2 aromatic rings. The minimum atomic E-state index is 0.104. The van der Waals surface area contributed by atoms with Gasteiger partial charge in [0.05, 0.1) is 13.2 Å². The molecule has 2 heterocycles. The van der Waals surface area contributed by atoms with E-state index in [9.17, 15) is 0 Å². The van der Waals surface area contributed by atoms with Crippen molar-refractivity contribution in [1.82, 2.24) is 0 Å². The van der Waals surface area contributed by atoms with Crippen LogP contribution in [0.5, 0.6) is 0 Å². The highest BCUT2D eigenvalue weighted by Crippen LogP contribution is 2.43. The summed E-state index contributed by atoms with van der Waals surface area (Å²) in [6.45, 7) is 5.76. The molecule has 280 valence electrons. The molecule has 2 saturated heterocycles. The second kappa shape index (κ2) is 26.1. The topological polar surface area (TPSA) is 34.3 Å². The van der Waals surface area contributed by atoms with Crippen molar-refractivity contribution in [3.05, 3.63) is 107 Å². The molecule has 0 saturated carbocycles. The van der Waals surface area contributed by atoms with Gasteiger partial charge in [0.25, 0.3) is 0 Å². The largest absolute Gasteiger partial charge is 0.376 e. The molecule has 0 bridgehead atoms. The summed E-state index contributed by atoms with van der Waals surface area (Å²) in [5, 5.41) is 0. The van der Waals surface area contributed by atoms with Crippen LogP contribution in [-0.4, -0.2) is 25.4 Å². The molecule has 4 rings (SSSR count). The zero-order valence-corrected chi connectivity index (χ0v) is 32.3. The first-order valence-corrected chi connectivity index (χ1v) is 21.0. The number of hydrogen-bond acceptors (Lipinski definition) is 3. The van der Waals surface area contributed by atoms with E-state index in [4.69, 9.17) is 14.2 Å². The van der Waals surface area contributed by atoms with Gasteiger partial charge in [0.15, 0.2) is 0 Å². The van der Waals surface area contributed by atoms with Crippen LogP contribution in [0.1, 0.15) is 177 Å². The lowest BCUT2D eigenvalue weighted by atomic mass is 10.0. The van der Waals surface area contributed by atoms with E-state index in [1.165, 1.54) is 138 Å². The number of ether oxygens (including phenoxy) is 3. The standard InChI is InChI=1S/C48H70O3/c1-3-5-7-9-11-13-15-17-19-21-23-25-27-33-41-35-29-31-37-43(41)47-45(50-47)39-49-40-46-48(51-46)44-38-32-30-36-42(44)34-28-26-24-22-20-18-16-14-12-10-8-6-4-2/h23-38,45-48H,3-22,39-40H2,1-2H3/b25-23+,26-24+,33-27+,34-28+. The van der Waals surface area contributed by atoms with Gasteiger partial charge < -0.3 is 14.2 Å². The van der Waals surface area contributed by atoms with Gasteiger partial charge in [-0.3, -0.25) is 0 Å². The van der Waals surface area contributed by atoms with Crippen LogP contribution in [0.2, 0.25) is 0 Å². The van der Waals surface area contributed by atoms with E-state index in [0.29, 0.717) is 13.2 Å². The van der Waals surface area contributed by atoms with Crippen LogP contribution >= 0.6 is 0 Å². The van der Waals surface area contributed by atoms with Crippen molar-refractivity contribution in [3.63, 3.8) is 0 Å². The molecule has 4 unspecified atom stereocenters. The molecule has 0 spiro atoms. The summed E-state index contributed by atoms with van der Waals surface area (Å²) < 4.78 is 18.3. The Morgan fingerprint density at radius 3 is 1.25 bits per heavy atom. The highest BCUT2D eigenvalue weighted by Gasteiger charge is 2.44. The van der Waals surface area contributed by atoms with Crippen LogP contribution in [0.3, 0.4) is 0 Å². The second-order valence-corrected chi connectivity index (χ2v) is 14.8. The van der Waals surface area contributed by atoms with Crippen molar-refractivity contribution in [2.75, 3.05) is 13.2 Å². The average molecular weight is 695 g/mol. The van der Waals surface area contributed by atoms with E-state index < -0.39 is 0 Å². The molecule has 3 heteroatoms. The van der Waals surface area contributed by atoms with Crippen LogP contribution in [-0.2, 0) is 14.2 Å². The Balaban J connectivity index is 1.07. The van der Waals surface area contributed by atoms with E-state index in [0.717, 1.165) is 12.8 Å². The van der Waals surface area contributed by atoms with Crippen molar-refractivity contribution >= 4 is 12.2 Å². The van der Waals surface area contributed by atoms with E-state index in [-0.39, 0.29) is 24.4 Å². The van der Waals surface area contributed by atoms with Gasteiger partial charge in [0.1, 0.15) is 24.4 Å². The Morgan fingerprint density at radius 2 is 0.843 bits per heavy atom. The normalized spacial score (nSPS) is 20.1. The van der Waals surface area contributed by atoms with Crippen LogP contribution in [0.4, 0.5) is 0 Å². The molecule has 2 fully saturated rings. The fraction of sp³-hybridized carbons (Fsp3) is 0.583. The number of hydrogen-bond donors (Lipinski definition) is 0. The summed E-state index contributed by atoms with van der Waals surface area (Å²) in [6, 6.07) is 17.2. The Kier molecular flexibility index (Phi) is 21.0. The fourth-order valence-corrected chi connectivity index (χ4v) is 7.04. The molecule has 0 aromatic heterocycles. The molecular weight excluding hydrogens is 625 g/mol. The summed E-state index contributed by atoms with van der Waals surface area (Å²) in [7, 11) is 0. The lowest BCUT2D eigenvalue weighted by molar-refractivity contribution is 0.102. The molecule has 2 aliphatic heterocycles. The molecule has 3 nitrogen and oxygen atoms in total. The number of rotatable bonds is 30. The molecule has 0 aliphatic carbocycles. The van der Waals surface area contributed by atoms with Crippen LogP contribution in [0, 0.1) is 0 Å². The summed E-state index contributed by atoms with van der Waals surface area (Å²) in [5.74, 6) is 0. The molecule has 4 atom stereocenters. The molecule has 2 aromatic carbocycles. The third-order valence-electron chi connectivity index (χ3n) is 10.3. The first-order chi connectivity index (χ1) is 25.3. The van der Waals surface area contributed by atoms with Crippen LogP contribution in [0.25, 0.3) is 12.2 Å². The minimum absolute atomic E-state index is 0.104. The van der Waals surface area contributed by atoms with Gasteiger partial charge >= 0.3 is 0 Å². The van der Waals surface area contributed by atoms with Gasteiger partial charge in [0, 0.05) is 0 Å². The smallest absolute Gasteiger partial charge is 0.112 e. The molecule has 51 heavy (non-hydrogen) atoms. The van der Waals surface area contributed by atoms with E-state index in [2.05, 4.69) is 111 Å². The highest BCUT2D eigenvalue weighted by atomic mass is 16.6. The second-order valence-electron chi connectivity index (χ2n) is 14.8. The summed E-state index contributed by atoms with van der Waals surface area (Å²) in [6.07, 6.45) is 45.3. The van der Waals surface area contributed by atoms with Crippen molar-refractivity contribution in [3.8, 4) is 0 Å². The van der Waals surface area contributed by atoms with Crippen molar-refractivity contribution in [2.24, 2.45) is 0 Å². The third kappa shape index (κ3) is 17.1. The van der Waals surface area contributed by atoms with E-state index in [1.54, 1.807) is 0 Å².